The second-order valence-corrected chi connectivity index (χ2v) is 3.96. The van der Waals surface area contributed by atoms with Crippen LogP contribution >= 0.6 is 15.9 Å². The van der Waals surface area contributed by atoms with Crippen LogP contribution in [0.5, 0.6) is 0 Å². The van der Waals surface area contributed by atoms with Crippen LogP contribution in [0.1, 0.15) is 6.92 Å². The molecule has 0 radical (unpaired) electrons. The molecule has 0 aromatic heterocycles. The first-order valence-electron chi connectivity index (χ1n) is 4.48. The Balaban J connectivity index is 2.77. The van der Waals surface area contributed by atoms with Gasteiger partial charge in [-0.2, -0.15) is 0 Å². The molecule has 0 spiro atoms. The predicted molar refractivity (Wildman–Crippen MR) is 64.2 cm³/mol. The lowest BCUT2D eigenvalue weighted by molar-refractivity contribution is -0.132. The summed E-state index contributed by atoms with van der Waals surface area (Å²) in [6.45, 7) is 1.36. The first kappa shape index (κ1) is 12.4. The standard InChI is InChI=1S/C11H10BrNO3/c1-7(11(15)16)6-10(14)13-9-5-3-2-4-8(9)12/h2-6H,1H3,(H,13,14)(H,15,16)/b7-6+. The maximum absolute atomic E-state index is 11.4. The number of hydrogen-bond donors (Lipinski definition) is 2. The molecule has 5 heteroatoms. The predicted octanol–water partition coefficient (Wildman–Crippen LogP) is 2.42. The topological polar surface area (TPSA) is 66.4 Å². The monoisotopic (exact) mass is 283 g/mol. The van der Waals surface area contributed by atoms with Crippen LogP contribution in [0.15, 0.2) is 40.4 Å². The minimum absolute atomic E-state index is 0.00967. The maximum atomic E-state index is 11.4. The van der Waals surface area contributed by atoms with E-state index in [0.717, 1.165) is 10.5 Å². The van der Waals surface area contributed by atoms with Crippen molar-refractivity contribution in [1.29, 1.82) is 0 Å². The second kappa shape index (κ2) is 5.46. The van der Waals surface area contributed by atoms with Crippen molar-refractivity contribution in [1.82, 2.24) is 0 Å². The van der Waals surface area contributed by atoms with E-state index in [2.05, 4.69) is 21.2 Å². The lowest BCUT2D eigenvalue weighted by atomic mass is 10.2. The van der Waals surface area contributed by atoms with Gasteiger partial charge in [0.15, 0.2) is 0 Å². The molecule has 1 aromatic rings. The van der Waals surface area contributed by atoms with Gasteiger partial charge in [0.1, 0.15) is 0 Å². The third-order valence-electron chi connectivity index (χ3n) is 1.82. The van der Waals surface area contributed by atoms with Gasteiger partial charge in [-0.15, -0.1) is 0 Å². The van der Waals surface area contributed by atoms with E-state index in [4.69, 9.17) is 5.11 Å². The van der Waals surface area contributed by atoms with Gasteiger partial charge in [0, 0.05) is 16.1 Å². The molecular weight excluding hydrogens is 274 g/mol. The van der Waals surface area contributed by atoms with Gasteiger partial charge in [-0.25, -0.2) is 4.79 Å². The zero-order valence-corrected chi connectivity index (χ0v) is 10.1. The number of rotatable bonds is 3. The number of hydrogen-bond acceptors (Lipinski definition) is 2. The van der Waals surface area contributed by atoms with Gasteiger partial charge in [0.25, 0.3) is 0 Å². The average Bonchev–Trinajstić information content (AvgIpc) is 2.21. The minimum Gasteiger partial charge on any atom is -0.478 e. The second-order valence-electron chi connectivity index (χ2n) is 3.10. The van der Waals surface area contributed by atoms with E-state index in [1.807, 2.05) is 6.07 Å². The summed E-state index contributed by atoms with van der Waals surface area (Å²) in [6, 6.07) is 7.08. The van der Waals surface area contributed by atoms with Gasteiger partial charge in [0.2, 0.25) is 5.91 Å². The summed E-state index contributed by atoms with van der Waals surface area (Å²) in [7, 11) is 0. The first-order valence-corrected chi connectivity index (χ1v) is 5.27. The molecule has 0 fully saturated rings. The molecule has 1 aromatic carbocycles. The van der Waals surface area contributed by atoms with Crippen molar-refractivity contribution in [2.45, 2.75) is 6.92 Å². The summed E-state index contributed by atoms with van der Waals surface area (Å²) >= 11 is 3.27. The lowest BCUT2D eigenvalue weighted by Gasteiger charge is -2.04. The number of benzene rings is 1. The van der Waals surface area contributed by atoms with Crippen LogP contribution in [0.2, 0.25) is 0 Å². The molecule has 16 heavy (non-hydrogen) atoms. The number of aliphatic carboxylic acids is 1. The van der Waals surface area contributed by atoms with Crippen LogP contribution in [0.4, 0.5) is 5.69 Å². The summed E-state index contributed by atoms with van der Waals surface area (Å²) < 4.78 is 0.740. The van der Waals surface area contributed by atoms with Crippen molar-refractivity contribution in [3.05, 3.63) is 40.4 Å². The van der Waals surface area contributed by atoms with Crippen LogP contribution in [-0.4, -0.2) is 17.0 Å². The van der Waals surface area contributed by atoms with Crippen LogP contribution in [-0.2, 0) is 9.59 Å². The number of anilines is 1. The van der Waals surface area contributed by atoms with Crippen LogP contribution in [0.3, 0.4) is 0 Å². The van der Waals surface area contributed by atoms with Crippen molar-refractivity contribution in [3.8, 4) is 0 Å². The smallest absolute Gasteiger partial charge is 0.331 e. The van der Waals surface area contributed by atoms with E-state index in [9.17, 15) is 9.59 Å². The number of para-hydroxylation sites is 1. The average molecular weight is 284 g/mol. The number of nitrogens with one attached hydrogen (secondary N) is 1. The first-order chi connectivity index (χ1) is 7.50. The highest BCUT2D eigenvalue weighted by Crippen LogP contribution is 2.21. The Morgan fingerprint density at radius 2 is 2.00 bits per heavy atom. The number of carboxylic acids is 1. The molecule has 2 N–H and O–H groups in total. The van der Waals surface area contributed by atoms with Crippen LogP contribution in [0.25, 0.3) is 0 Å². The molecule has 4 nitrogen and oxygen atoms in total. The molecule has 0 aliphatic heterocycles. The summed E-state index contributed by atoms with van der Waals surface area (Å²) in [5, 5.41) is 11.2. The Labute approximate surface area is 101 Å². The van der Waals surface area contributed by atoms with E-state index in [1.165, 1.54) is 6.92 Å². The summed E-state index contributed by atoms with van der Waals surface area (Å²) in [5.74, 6) is -1.57. The fourth-order valence-corrected chi connectivity index (χ4v) is 1.37. The van der Waals surface area contributed by atoms with Gasteiger partial charge in [-0.05, 0) is 35.0 Å². The molecule has 0 atom stereocenters. The zero-order chi connectivity index (χ0) is 12.1. The molecule has 0 saturated carbocycles. The van der Waals surface area contributed by atoms with Gasteiger partial charge in [-0.1, -0.05) is 12.1 Å². The number of carbonyl (C=O) groups excluding carboxylic acids is 1. The summed E-state index contributed by atoms with van der Waals surface area (Å²) in [4.78, 5) is 21.9. The molecule has 0 bridgehead atoms. The van der Waals surface area contributed by atoms with E-state index < -0.39 is 11.9 Å². The zero-order valence-electron chi connectivity index (χ0n) is 8.53. The normalized spacial score (nSPS) is 11.0. The Bertz CT molecular complexity index is 454. The molecule has 0 aliphatic carbocycles. The fourth-order valence-electron chi connectivity index (χ4n) is 0.990. The Morgan fingerprint density at radius 3 is 2.56 bits per heavy atom. The molecule has 0 heterocycles. The highest BCUT2D eigenvalue weighted by Gasteiger charge is 2.05. The molecule has 1 amide bonds. The van der Waals surface area contributed by atoms with Crippen molar-refractivity contribution in [3.63, 3.8) is 0 Å². The van der Waals surface area contributed by atoms with Crippen molar-refractivity contribution < 1.29 is 14.7 Å². The van der Waals surface area contributed by atoms with Gasteiger partial charge in [-0.3, -0.25) is 4.79 Å². The summed E-state index contributed by atoms with van der Waals surface area (Å²) in [6.07, 6.45) is 1.04. The molecule has 1 rings (SSSR count). The number of carboxylic acid groups (broad SMARTS) is 1. The summed E-state index contributed by atoms with van der Waals surface area (Å²) in [5.41, 5.74) is 0.589. The number of amides is 1. The minimum atomic E-state index is -1.11. The van der Waals surface area contributed by atoms with E-state index >= 15 is 0 Å². The maximum Gasteiger partial charge on any atom is 0.331 e. The van der Waals surface area contributed by atoms with Crippen molar-refractivity contribution in [2.24, 2.45) is 0 Å². The molecule has 0 aliphatic rings. The molecular formula is C11H10BrNO3. The number of halogens is 1. The molecule has 0 saturated heterocycles. The van der Waals surface area contributed by atoms with Gasteiger partial charge >= 0.3 is 5.97 Å². The lowest BCUT2D eigenvalue weighted by Crippen LogP contribution is -2.11. The quantitative estimate of drug-likeness (QED) is 0.838. The number of carbonyl (C=O) groups is 2. The molecule has 0 unspecified atom stereocenters. The Morgan fingerprint density at radius 1 is 1.38 bits per heavy atom. The van der Waals surface area contributed by atoms with Crippen LogP contribution in [0, 0.1) is 0 Å². The Hall–Kier alpha value is -1.62. The molecule has 84 valence electrons. The van der Waals surface area contributed by atoms with Crippen LogP contribution < -0.4 is 5.32 Å². The highest BCUT2D eigenvalue weighted by atomic mass is 79.9. The highest BCUT2D eigenvalue weighted by molar-refractivity contribution is 9.10. The third kappa shape index (κ3) is 3.51. The SMILES string of the molecule is C/C(=C\C(=O)Nc1ccccc1Br)C(=O)O. The van der Waals surface area contributed by atoms with Crippen molar-refractivity contribution in [2.75, 3.05) is 5.32 Å². The van der Waals surface area contributed by atoms with Gasteiger partial charge in [0.05, 0.1) is 5.69 Å². The third-order valence-corrected chi connectivity index (χ3v) is 2.51. The van der Waals surface area contributed by atoms with Gasteiger partial charge < -0.3 is 10.4 Å². The van der Waals surface area contributed by atoms with E-state index in [0.29, 0.717) is 5.69 Å². The Kier molecular flexibility index (Phi) is 4.25. The van der Waals surface area contributed by atoms with E-state index in [1.54, 1.807) is 18.2 Å². The van der Waals surface area contributed by atoms with Crippen molar-refractivity contribution >= 4 is 33.5 Å². The largest absolute Gasteiger partial charge is 0.478 e. The van der Waals surface area contributed by atoms with E-state index in [-0.39, 0.29) is 5.57 Å². The fraction of sp³-hybridized carbons (Fsp3) is 0.0909.